The molecule has 266 valence electrons. The molecule has 1 aromatic heterocycles. The minimum absolute atomic E-state index is 1.23. The molecule has 0 N–H and O–H groups in total. The van der Waals surface area contributed by atoms with E-state index in [4.69, 9.17) is 0 Å². The highest BCUT2D eigenvalue weighted by Gasteiger charge is 2.16. The highest BCUT2D eigenvalue weighted by atomic mass is 15.1. The molecule has 0 spiro atoms. The monoisotopic (exact) mass is 630 g/mol. The number of aryl methyl sites for hydroxylation is 2. The van der Waals surface area contributed by atoms with Crippen LogP contribution in [0.25, 0.3) is 0 Å². The Morgan fingerprint density at radius 1 is 0.378 bits per heavy atom. The lowest BCUT2D eigenvalue weighted by molar-refractivity contribution is -0.704. The molecule has 1 aromatic rings. The topological polar surface area (TPSA) is 8.81 Å². The van der Waals surface area contributed by atoms with Crippen LogP contribution in [0.3, 0.4) is 0 Å². The molecular formula is C43H85N2+. The van der Waals surface area contributed by atoms with E-state index in [1.54, 1.807) is 5.82 Å². The van der Waals surface area contributed by atoms with E-state index in [1.165, 1.54) is 238 Å². The molecule has 2 nitrogen and oxygen atoms in total. The molecule has 2 heteroatoms. The number of hydrogen-bond acceptors (Lipinski definition) is 0. The molecule has 0 aliphatic heterocycles. The predicted octanol–water partition coefficient (Wildman–Crippen LogP) is 14.6. The number of aromatic nitrogens is 2. The van der Waals surface area contributed by atoms with Gasteiger partial charge in [-0.05, 0) is 32.1 Å². The summed E-state index contributed by atoms with van der Waals surface area (Å²) in [6, 6.07) is 0. The Balaban J connectivity index is 2.19. The van der Waals surface area contributed by atoms with Gasteiger partial charge < -0.3 is 0 Å². The van der Waals surface area contributed by atoms with Crippen molar-refractivity contribution in [2.75, 3.05) is 0 Å². The Morgan fingerprint density at radius 3 is 1.07 bits per heavy atom. The lowest BCUT2D eigenvalue weighted by atomic mass is 10.0. The van der Waals surface area contributed by atoms with Crippen LogP contribution in [0.4, 0.5) is 0 Å². The quantitative estimate of drug-likeness (QED) is 0.0511. The molecule has 0 aromatic carbocycles. The Bertz CT molecular complexity index is 692. The number of hydrogen-bond donors (Lipinski definition) is 0. The van der Waals surface area contributed by atoms with Gasteiger partial charge in [-0.1, -0.05) is 207 Å². The fourth-order valence-electron chi connectivity index (χ4n) is 7.21. The lowest BCUT2D eigenvalue weighted by Crippen LogP contribution is -2.37. The second-order valence-corrected chi connectivity index (χ2v) is 14.8. The van der Waals surface area contributed by atoms with E-state index in [0.717, 1.165) is 0 Å². The van der Waals surface area contributed by atoms with Crippen LogP contribution < -0.4 is 4.57 Å². The summed E-state index contributed by atoms with van der Waals surface area (Å²) in [5.74, 6) is 1.62. The molecule has 0 unspecified atom stereocenters. The van der Waals surface area contributed by atoms with Crippen molar-refractivity contribution in [3.63, 3.8) is 0 Å². The van der Waals surface area contributed by atoms with Gasteiger partial charge in [-0.3, -0.25) is 0 Å². The Hall–Kier alpha value is -0.790. The maximum Gasteiger partial charge on any atom is 0.256 e. The molecule has 0 atom stereocenters. The van der Waals surface area contributed by atoms with Gasteiger partial charge in [0.05, 0.1) is 13.1 Å². The van der Waals surface area contributed by atoms with Gasteiger partial charge in [0.2, 0.25) is 0 Å². The molecule has 0 aliphatic carbocycles. The summed E-state index contributed by atoms with van der Waals surface area (Å²) in [7, 11) is 0. The van der Waals surface area contributed by atoms with Gasteiger partial charge in [-0.15, -0.1) is 0 Å². The molecular weight excluding hydrogens is 544 g/mol. The first-order valence-corrected chi connectivity index (χ1v) is 21.4. The molecule has 0 saturated heterocycles. The van der Waals surface area contributed by atoms with Crippen LogP contribution >= 0.6 is 0 Å². The fraction of sp³-hybridized carbons (Fsp3) is 0.930. The summed E-state index contributed by atoms with van der Waals surface area (Å²) in [5.41, 5.74) is 0. The van der Waals surface area contributed by atoms with E-state index in [0.29, 0.717) is 0 Å². The molecule has 0 bridgehead atoms. The van der Waals surface area contributed by atoms with Gasteiger partial charge in [0.1, 0.15) is 12.4 Å². The zero-order valence-corrected chi connectivity index (χ0v) is 31.7. The molecule has 0 saturated carbocycles. The van der Waals surface area contributed by atoms with Crippen molar-refractivity contribution in [2.45, 2.75) is 259 Å². The van der Waals surface area contributed by atoms with Gasteiger partial charge in [-0.2, -0.15) is 0 Å². The van der Waals surface area contributed by atoms with Crippen molar-refractivity contribution in [1.82, 2.24) is 4.57 Å². The SMILES string of the molecule is CCCCCCCCCCCCCCCCCCCn1cc[n+](CCCCCCCCCCCC)c1CCCCCCCCC. The summed E-state index contributed by atoms with van der Waals surface area (Å²) in [5, 5.41) is 0. The molecule has 45 heavy (non-hydrogen) atoms. The minimum atomic E-state index is 1.23. The smallest absolute Gasteiger partial charge is 0.234 e. The van der Waals surface area contributed by atoms with Crippen molar-refractivity contribution in [1.29, 1.82) is 0 Å². The summed E-state index contributed by atoms with van der Waals surface area (Å²) in [6.07, 6.45) is 54.9. The number of imidazole rings is 1. The van der Waals surface area contributed by atoms with Crippen LogP contribution in [-0.4, -0.2) is 4.57 Å². The van der Waals surface area contributed by atoms with Crippen molar-refractivity contribution in [3.05, 3.63) is 18.2 Å². The van der Waals surface area contributed by atoms with Crippen LogP contribution in [0, 0.1) is 0 Å². The summed E-state index contributed by atoms with van der Waals surface area (Å²) < 4.78 is 5.27. The third-order valence-electron chi connectivity index (χ3n) is 10.3. The summed E-state index contributed by atoms with van der Waals surface area (Å²) in [4.78, 5) is 0. The largest absolute Gasteiger partial charge is 0.256 e. The predicted molar refractivity (Wildman–Crippen MR) is 202 cm³/mol. The van der Waals surface area contributed by atoms with E-state index < -0.39 is 0 Å². The first kappa shape index (κ1) is 42.2. The van der Waals surface area contributed by atoms with Crippen LogP contribution in [0.15, 0.2) is 12.4 Å². The van der Waals surface area contributed by atoms with Gasteiger partial charge in [-0.25, -0.2) is 9.13 Å². The van der Waals surface area contributed by atoms with Crippen LogP contribution in [0.5, 0.6) is 0 Å². The maximum atomic E-state index is 2.64. The molecule has 0 amide bonds. The standard InChI is InChI=1S/C43H85N2/c1-4-7-10-13-16-18-20-21-22-23-24-25-26-28-31-34-37-40-45-42-41-44(43(45)38-35-32-29-15-12-9-6-3)39-36-33-30-27-19-17-14-11-8-5-2/h41-42H,4-40H2,1-3H3/q+1. The van der Waals surface area contributed by atoms with Gasteiger partial charge in [0, 0.05) is 6.42 Å². The number of rotatable bonds is 37. The zero-order valence-electron chi connectivity index (χ0n) is 31.7. The number of nitrogens with zero attached hydrogens (tertiary/aromatic N) is 2. The minimum Gasteiger partial charge on any atom is -0.234 e. The Kier molecular flexibility index (Phi) is 32.4. The average Bonchev–Trinajstić information content (AvgIpc) is 3.43. The van der Waals surface area contributed by atoms with Crippen LogP contribution in [0.1, 0.15) is 245 Å². The lowest BCUT2D eigenvalue weighted by Gasteiger charge is -2.07. The van der Waals surface area contributed by atoms with E-state index in [1.807, 2.05) is 0 Å². The van der Waals surface area contributed by atoms with E-state index in [-0.39, 0.29) is 0 Å². The first-order valence-electron chi connectivity index (χ1n) is 21.4. The molecule has 1 heterocycles. The normalized spacial score (nSPS) is 11.6. The molecule has 0 aliphatic rings. The summed E-state index contributed by atoms with van der Waals surface area (Å²) >= 11 is 0. The third kappa shape index (κ3) is 26.9. The van der Waals surface area contributed by atoms with Crippen molar-refractivity contribution < 1.29 is 4.57 Å². The van der Waals surface area contributed by atoms with E-state index >= 15 is 0 Å². The summed E-state index contributed by atoms with van der Waals surface area (Å²) in [6.45, 7) is 9.41. The first-order chi connectivity index (χ1) is 22.3. The number of unbranched alkanes of at least 4 members (excludes halogenated alkanes) is 31. The van der Waals surface area contributed by atoms with Crippen molar-refractivity contribution >= 4 is 0 Å². The van der Waals surface area contributed by atoms with E-state index in [2.05, 4.69) is 42.3 Å². The zero-order chi connectivity index (χ0) is 32.3. The second-order valence-electron chi connectivity index (χ2n) is 14.8. The average molecular weight is 630 g/mol. The van der Waals surface area contributed by atoms with Crippen molar-refractivity contribution in [2.24, 2.45) is 0 Å². The van der Waals surface area contributed by atoms with Gasteiger partial charge in [0.15, 0.2) is 0 Å². The van der Waals surface area contributed by atoms with Crippen molar-refractivity contribution in [3.8, 4) is 0 Å². The maximum absolute atomic E-state index is 2.64. The third-order valence-corrected chi connectivity index (χ3v) is 10.3. The molecule has 1 rings (SSSR count). The highest BCUT2D eigenvalue weighted by Crippen LogP contribution is 2.16. The van der Waals surface area contributed by atoms with Crippen LogP contribution in [-0.2, 0) is 19.5 Å². The Morgan fingerprint density at radius 2 is 0.689 bits per heavy atom. The van der Waals surface area contributed by atoms with Crippen LogP contribution in [0.2, 0.25) is 0 Å². The fourth-order valence-corrected chi connectivity index (χ4v) is 7.21. The molecule has 0 fully saturated rings. The van der Waals surface area contributed by atoms with Gasteiger partial charge in [0.25, 0.3) is 5.82 Å². The highest BCUT2D eigenvalue weighted by molar-refractivity contribution is 4.84. The Labute approximate surface area is 285 Å². The molecule has 0 radical (unpaired) electrons. The second kappa shape index (κ2) is 34.5. The van der Waals surface area contributed by atoms with E-state index in [9.17, 15) is 0 Å². The van der Waals surface area contributed by atoms with Gasteiger partial charge >= 0.3 is 0 Å².